The number of benzene rings is 1. The van der Waals surface area contributed by atoms with Crippen LogP contribution in [0.15, 0.2) is 18.2 Å². The summed E-state index contributed by atoms with van der Waals surface area (Å²) in [7, 11) is 0. The van der Waals surface area contributed by atoms with Crippen LogP contribution in [0.2, 0.25) is 0 Å². The Balaban J connectivity index is 2.19. The van der Waals surface area contributed by atoms with Gasteiger partial charge < -0.3 is 0 Å². The molecule has 1 aromatic rings. The Morgan fingerprint density at radius 1 is 1.31 bits per heavy atom. The Hall–Kier alpha value is -0.560. The molecule has 0 radical (unpaired) electrons. The highest BCUT2D eigenvalue weighted by Gasteiger charge is 2.33. The molecule has 1 fully saturated rings. The van der Waals surface area contributed by atoms with Crippen LogP contribution >= 0.6 is 11.6 Å². The molecule has 0 nitrogen and oxygen atoms in total. The molecular formula is C14H18ClF. The molecule has 0 bridgehead atoms. The molecule has 0 saturated heterocycles. The predicted octanol–water partition coefficient (Wildman–Crippen LogP) is 4.48. The second-order valence-electron chi connectivity index (χ2n) is 5.09. The van der Waals surface area contributed by atoms with Gasteiger partial charge in [-0.1, -0.05) is 18.9 Å². The number of halogens is 2. The highest BCUT2D eigenvalue weighted by Crippen LogP contribution is 2.42. The van der Waals surface area contributed by atoms with Gasteiger partial charge in [0.25, 0.3) is 0 Å². The first-order chi connectivity index (χ1) is 7.65. The molecule has 16 heavy (non-hydrogen) atoms. The van der Waals surface area contributed by atoms with Gasteiger partial charge in [0, 0.05) is 5.88 Å². The van der Waals surface area contributed by atoms with Gasteiger partial charge in [-0.3, -0.25) is 0 Å². The van der Waals surface area contributed by atoms with E-state index in [2.05, 4.69) is 0 Å². The molecule has 0 N–H and O–H groups in total. The van der Waals surface area contributed by atoms with Gasteiger partial charge in [-0.2, -0.15) is 0 Å². The van der Waals surface area contributed by atoms with Crippen molar-refractivity contribution in [3.8, 4) is 0 Å². The van der Waals surface area contributed by atoms with Crippen LogP contribution < -0.4 is 0 Å². The Morgan fingerprint density at radius 2 is 2.00 bits per heavy atom. The number of alkyl halides is 1. The minimum absolute atomic E-state index is 0.146. The van der Waals surface area contributed by atoms with Crippen LogP contribution in [-0.2, 0) is 6.42 Å². The molecular weight excluding hydrogens is 223 g/mol. The van der Waals surface area contributed by atoms with Gasteiger partial charge in [-0.05, 0) is 54.9 Å². The van der Waals surface area contributed by atoms with E-state index in [9.17, 15) is 4.39 Å². The van der Waals surface area contributed by atoms with Crippen LogP contribution in [0.4, 0.5) is 4.39 Å². The third kappa shape index (κ3) is 2.40. The topological polar surface area (TPSA) is 0 Å². The number of aryl methyl sites for hydroxylation is 1. The van der Waals surface area contributed by atoms with Crippen LogP contribution in [0, 0.1) is 18.2 Å². The minimum atomic E-state index is -0.146. The summed E-state index contributed by atoms with van der Waals surface area (Å²) < 4.78 is 13.0. The maximum atomic E-state index is 13.0. The monoisotopic (exact) mass is 240 g/mol. The zero-order chi connectivity index (χ0) is 11.6. The van der Waals surface area contributed by atoms with Gasteiger partial charge in [0.05, 0.1) is 0 Å². The molecule has 0 aromatic heterocycles. The molecule has 0 heterocycles. The fraction of sp³-hybridized carbons (Fsp3) is 0.571. The van der Waals surface area contributed by atoms with Gasteiger partial charge in [0.2, 0.25) is 0 Å². The van der Waals surface area contributed by atoms with E-state index >= 15 is 0 Å². The van der Waals surface area contributed by atoms with Gasteiger partial charge in [-0.15, -0.1) is 11.6 Å². The SMILES string of the molecule is Cc1cc(F)ccc1CC1(CCl)CCCC1. The van der Waals surface area contributed by atoms with Gasteiger partial charge in [0.15, 0.2) is 0 Å². The van der Waals surface area contributed by atoms with E-state index < -0.39 is 0 Å². The highest BCUT2D eigenvalue weighted by atomic mass is 35.5. The number of rotatable bonds is 3. The predicted molar refractivity (Wildman–Crippen MR) is 66.5 cm³/mol. The van der Waals surface area contributed by atoms with Crippen molar-refractivity contribution in [3.63, 3.8) is 0 Å². The van der Waals surface area contributed by atoms with E-state index in [1.54, 1.807) is 12.1 Å². The number of hydrogen-bond acceptors (Lipinski definition) is 0. The lowest BCUT2D eigenvalue weighted by Gasteiger charge is -2.27. The Kier molecular flexibility index (Phi) is 3.53. The van der Waals surface area contributed by atoms with Crippen molar-refractivity contribution < 1.29 is 4.39 Å². The third-order valence-electron chi connectivity index (χ3n) is 3.82. The zero-order valence-electron chi connectivity index (χ0n) is 9.73. The summed E-state index contributed by atoms with van der Waals surface area (Å²) in [6, 6.07) is 5.09. The molecule has 1 aromatic carbocycles. The Bertz CT molecular complexity index is 367. The average molecular weight is 241 g/mol. The molecule has 2 heteroatoms. The normalized spacial score (nSPS) is 18.9. The Labute approximate surface area is 102 Å². The largest absolute Gasteiger partial charge is 0.207 e. The molecule has 1 saturated carbocycles. The van der Waals surface area contributed by atoms with E-state index in [0.717, 1.165) is 17.9 Å². The summed E-state index contributed by atoms with van der Waals surface area (Å²) in [5.41, 5.74) is 2.57. The van der Waals surface area contributed by atoms with Crippen molar-refractivity contribution in [2.24, 2.45) is 5.41 Å². The molecule has 1 aliphatic rings. The smallest absolute Gasteiger partial charge is 0.123 e. The lowest BCUT2D eigenvalue weighted by atomic mass is 9.81. The van der Waals surface area contributed by atoms with Crippen molar-refractivity contribution in [1.82, 2.24) is 0 Å². The molecule has 1 aliphatic carbocycles. The lowest BCUT2D eigenvalue weighted by Crippen LogP contribution is -2.22. The van der Waals surface area contributed by atoms with Crippen LogP contribution in [0.5, 0.6) is 0 Å². The standard InChI is InChI=1S/C14H18ClF/c1-11-8-13(16)5-4-12(11)9-14(10-15)6-2-3-7-14/h4-5,8H,2-3,6-7,9-10H2,1H3. The molecule has 0 amide bonds. The summed E-state index contributed by atoms with van der Waals surface area (Å²) in [5, 5.41) is 0. The molecule has 0 atom stereocenters. The first kappa shape index (κ1) is 11.9. The molecule has 0 aliphatic heterocycles. The second kappa shape index (κ2) is 4.75. The summed E-state index contributed by atoms with van der Waals surface area (Å²) in [6.07, 6.45) is 6.00. The minimum Gasteiger partial charge on any atom is -0.207 e. The van der Waals surface area contributed by atoms with Crippen LogP contribution in [0.3, 0.4) is 0 Å². The van der Waals surface area contributed by atoms with Gasteiger partial charge >= 0.3 is 0 Å². The van der Waals surface area contributed by atoms with Crippen molar-refractivity contribution in [3.05, 3.63) is 35.1 Å². The van der Waals surface area contributed by atoms with Crippen LogP contribution in [0.25, 0.3) is 0 Å². The summed E-state index contributed by atoms with van der Waals surface area (Å²) in [4.78, 5) is 0. The maximum Gasteiger partial charge on any atom is 0.123 e. The second-order valence-corrected chi connectivity index (χ2v) is 5.36. The van der Waals surface area contributed by atoms with Crippen LogP contribution in [-0.4, -0.2) is 5.88 Å². The molecule has 2 rings (SSSR count). The lowest BCUT2D eigenvalue weighted by molar-refractivity contribution is 0.340. The quantitative estimate of drug-likeness (QED) is 0.684. The van der Waals surface area contributed by atoms with Gasteiger partial charge in [-0.25, -0.2) is 4.39 Å². The molecule has 88 valence electrons. The first-order valence-corrected chi connectivity index (χ1v) is 6.50. The van der Waals surface area contributed by atoms with E-state index in [1.165, 1.54) is 31.2 Å². The van der Waals surface area contributed by atoms with Crippen molar-refractivity contribution >= 4 is 11.6 Å². The molecule has 0 unspecified atom stereocenters. The van der Waals surface area contributed by atoms with Crippen molar-refractivity contribution in [2.45, 2.75) is 39.0 Å². The third-order valence-corrected chi connectivity index (χ3v) is 4.38. The Morgan fingerprint density at radius 3 is 2.56 bits per heavy atom. The van der Waals surface area contributed by atoms with E-state index in [4.69, 9.17) is 11.6 Å². The maximum absolute atomic E-state index is 13.0. The fourth-order valence-electron chi connectivity index (χ4n) is 2.74. The summed E-state index contributed by atoms with van der Waals surface area (Å²) in [6.45, 7) is 1.98. The van der Waals surface area contributed by atoms with E-state index in [-0.39, 0.29) is 11.2 Å². The van der Waals surface area contributed by atoms with Gasteiger partial charge in [0.1, 0.15) is 5.82 Å². The van der Waals surface area contributed by atoms with E-state index in [0.29, 0.717) is 0 Å². The summed E-state index contributed by atoms with van der Waals surface area (Å²) >= 11 is 6.12. The average Bonchev–Trinajstić information content (AvgIpc) is 2.72. The fourth-order valence-corrected chi connectivity index (χ4v) is 3.11. The van der Waals surface area contributed by atoms with Crippen LogP contribution in [0.1, 0.15) is 36.8 Å². The molecule has 0 spiro atoms. The summed E-state index contributed by atoms with van der Waals surface area (Å²) in [5.74, 6) is 0.580. The number of hydrogen-bond donors (Lipinski definition) is 0. The van der Waals surface area contributed by atoms with E-state index in [1.807, 2.05) is 13.0 Å². The van der Waals surface area contributed by atoms with Crippen molar-refractivity contribution in [2.75, 3.05) is 5.88 Å². The van der Waals surface area contributed by atoms with Crippen molar-refractivity contribution in [1.29, 1.82) is 0 Å². The highest BCUT2D eigenvalue weighted by molar-refractivity contribution is 6.18. The zero-order valence-corrected chi connectivity index (χ0v) is 10.5. The first-order valence-electron chi connectivity index (χ1n) is 5.96.